The molecule has 0 saturated carbocycles. The van der Waals surface area contributed by atoms with Crippen molar-refractivity contribution in [2.24, 2.45) is 0 Å². The van der Waals surface area contributed by atoms with Crippen LogP contribution in [0.4, 0.5) is 0 Å². The minimum atomic E-state index is -0.140. The van der Waals surface area contributed by atoms with Crippen LogP contribution in [0.5, 0.6) is 0 Å². The molecule has 0 fully saturated rings. The van der Waals surface area contributed by atoms with E-state index in [1.165, 1.54) is 6.07 Å². The van der Waals surface area contributed by atoms with Gasteiger partial charge < -0.3 is 4.57 Å². The third-order valence-electron chi connectivity index (χ3n) is 2.34. The fourth-order valence-electron chi connectivity index (χ4n) is 1.63. The van der Waals surface area contributed by atoms with Gasteiger partial charge in [-0.2, -0.15) is 0 Å². The van der Waals surface area contributed by atoms with Crippen LogP contribution in [-0.2, 0) is 5.54 Å². The van der Waals surface area contributed by atoms with Gasteiger partial charge in [-0.05, 0) is 32.5 Å². The van der Waals surface area contributed by atoms with Crippen LogP contribution in [0.1, 0.15) is 33.6 Å². The molecule has 14 heavy (non-hydrogen) atoms. The van der Waals surface area contributed by atoms with E-state index in [0.29, 0.717) is 4.77 Å². The monoisotopic (exact) mass is 212 g/mol. The highest BCUT2D eigenvalue weighted by atomic mass is 32.1. The van der Waals surface area contributed by atoms with E-state index in [1.807, 2.05) is 4.57 Å². The van der Waals surface area contributed by atoms with Crippen molar-refractivity contribution in [3.05, 3.63) is 27.4 Å². The molecule has 0 atom stereocenters. The molecule has 3 nitrogen and oxygen atoms in total. The lowest BCUT2D eigenvalue weighted by Crippen LogP contribution is -2.28. The molecule has 0 saturated heterocycles. The molecule has 0 aromatic carbocycles. The second-order valence-electron chi connectivity index (χ2n) is 4.04. The molecule has 1 aromatic rings. The summed E-state index contributed by atoms with van der Waals surface area (Å²) in [4.78, 5) is 13.6. The Kier molecular flexibility index (Phi) is 3.26. The van der Waals surface area contributed by atoms with Crippen molar-refractivity contribution in [2.45, 2.75) is 39.2 Å². The molecule has 1 rings (SSSR count). The molecule has 0 bridgehead atoms. The quantitative estimate of drug-likeness (QED) is 0.781. The first kappa shape index (κ1) is 11.2. The van der Waals surface area contributed by atoms with Crippen LogP contribution in [0.25, 0.3) is 0 Å². The summed E-state index contributed by atoms with van der Waals surface area (Å²) in [6.45, 7) is 6.37. The molecule has 0 spiro atoms. The van der Waals surface area contributed by atoms with Crippen molar-refractivity contribution >= 4 is 12.2 Å². The molecular weight excluding hydrogens is 196 g/mol. The predicted octanol–water partition coefficient (Wildman–Crippen LogP) is 2.44. The highest BCUT2D eigenvalue weighted by Crippen LogP contribution is 2.20. The van der Waals surface area contributed by atoms with Crippen molar-refractivity contribution in [3.63, 3.8) is 0 Å². The lowest BCUT2D eigenvalue weighted by molar-refractivity contribution is 0.315. The van der Waals surface area contributed by atoms with Crippen LogP contribution in [0.15, 0.2) is 17.1 Å². The number of aromatic nitrogens is 2. The average Bonchev–Trinajstić information content (AvgIpc) is 2.02. The fraction of sp³-hybridized carbons (Fsp3) is 0.600. The van der Waals surface area contributed by atoms with Gasteiger partial charge in [0.1, 0.15) is 0 Å². The summed E-state index contributed by atoms with van der Waals surface area (Å²) < 4.78 is 2.43. The zero-order valence-corrected chi connectivity index (χ0v) is 9.65. The number of aromatic amines is 1. The Hall–Kier alpha value is -0.900. The molecule has 0 aliphatic heterocycles. The Morgan fingerprint density at radius 3 is 2.71 bits per heavy atom. The standard InChI is InChI=1S/C10H16N2OS/c1-4-6-10(2,3)12-7-5-8(13)11-9(12)14/h5,7H,4,6H2,1-3H3,(H,11,13,14). The molecular formula is C10H16N2OS. The molecule has 0 aliphatic rings. The van der Waals surface area contributed by atoms with E-state index >= 15 is 0 Å². The molecule has 1 heterocycles. The number of hydrogen-bond donors (Lipinski definition) is 1. The van der Waals surface area contributed by atoms with Crippen LogP contribution in [-0.4, -0.2) is 9.55 Å². The van der Waals surface area contributed by atoms with E-state index in [0.717, 1.165) is 12.8 Å². The third-order valence-corrected chi connectivity index (χ3v) is 2.64. The Morgan fingerprint density at radius 1 is 1.57 bits per heavy atom. The predicted molar refractivity (Wildman–Crippen MR) is 60.1 cm³/mol. The van der Waals surface area contributed by atoms with Crippen molar-refractivity contribution in [1.82, 2.24) is 9.55 Å². The summed E-state index contributed by atoms with van der Waals surface area (Å²) >= 11 is 5.11. The largest absolute Gasteiger partial charge is 0.320 e. The topological polar surface area (TPSA) is 37.8 Å². The zero-order chi connectivity index (χ0) is 10.8. The van der Waals surface area contributed by atoms with Gasteiger partial charge in [-0.3, -0.25) is 9.78 Å². The second kappa shape index (κ2) is 4.09. The molecule has 78 valence electrons. The van der Waals surface area contributed by atoms with E-state index < -0.39 is 0 Å². The van der Waals surface area contributed by atoms with Gasteiger partial charge >= 0.3 is 0 Å². The molecule has 0 aliphatic carbocycles. The number of H-pyrrole nitrogens is 1. The highest BCUT2D eigenvalue weighted by molar-refractivity contribution is 7.71. The summed E-state index contributed by atoms with van der Waals surface area (Å²) in [5.41, 5.74) is -0.172. The first-order chi connectivity index (χ1) is 6.47. The Balaban J connectivity index is 3.19. The summed E-state index contributed by atoms with van der Waals surface area (Å²) in [6, 6.07) is 1.51. The summed E-state index contributed by atoms with van der Waals surface area (Å²) in [7, 11) is 0. The maximum absolute atomic E-state index is 11.0. The zero-order valence-electron chi connectivity index (χ0n) is 8.83. The number of nitrogens with zero attached hydrogens (tertiary/aromatic N) is 1. The van der Waals surface area contributed by atoms with Gasteiger partial charge in [0, 0.05) is 17.8 Å². The maximum Gasteiger partial charge on any atom is 0.251 e. The SMILES string of the molecule is CCCC(C)(C)n1ccc(=O)[nH]c1=S. The minimum Gasteiger partial charge on any atom is -0.320 e. The summed E-state index contributed by atoms with van der Waals surface area (Å²) in [5.74, 6) is 0. The molecule has 0 unspecified atom stereocenters. The number of rotatable bonds is 3. The van der Waals surface area contributed by atoms with Gasteiger partial charge in [-0.15, -0.1) is 0 Å². The van der Waals surface area contributed by atoms with E-state index in [9.17, 15) is 4.79 Å². The van der Waals surface area contributed by atoms with E-state index in [-0.39, 0.29) is 11.1 Å². The number of hydrogen-bond acceptors (Lipinski definition) is 2. The summed E-state index contributed by atoms with van der Waals surface area (Å²) in [5, 5.41) is 0. The van der Waals surface area contributed by atoms with Crippen LogP contribution < -0.4 is 5.56 Å². The van der Waals surface area contributed by atoms with Gasteiger partial charge in [0.05, 0.1) is 0 Å². The molecule has 0 amide bonds. The van der Waals surface area contributed by atoms with Crippen molar-refractivity contribution in [3.8, 4) is 0 Å². The van der Waals surface area contributed by atoms with Crippen molar-refractivity contribution in [2.75, 3.05) is 0 Å². The first-order valence-electron chi connectivity index (χ1n) is 4.80. The molecule has 1 aromatic heterocycles. The average molecular weight is 212 g/mol. The van der Waals surface area contributed by atoms with Crippen molar-refractivity contribution < 1.29 is 0 Å². The van der Waals surface area contributed by atoms with E-state index in [2.05, 4.69) is 25.8 Å². The lowest BCUT2D eigenvalue weighted by atomic mass is 9.99. The van der Waals surface area contributed by atoms with Gasteiger partial charge in [0.2, 0.25) is 0 Å². The van der Waals surface area contributed by atoms with Gasteiger partial charge in [-0.1, -0.05) is 13.3 Å². The second-order valence-corrected chi connectivity index (χ2v) is 4.43. The van der Waals surface area contributed by atoms with Gasteiger partial charge in [-0.25, -0.2) is 0 Å². The van der Waals surface area contributed by atoms with Crippen LogP contribution >= 0.6 is 12.2 Å². The third kappa shape index (κ3) is 2.32. The molecule has 4 heteroatoms. The Bertz CT molecular complexity index is 417. The van der Waals surface area contributed by atoms with Crippen molar-refractivity contribution in [1.29, 1.82) is 0 Å². The highest BCUT2D eigenvalue weighted by Gasteiger charge is 2.18. The first-order valence-corrected chi connectivity index (χ1v) is 5.20. The van der Waals surface area contributed by atoms with Gasteiger partial charge in [0.25, 0.3) is 5.56 Å². The maximum atomic E-state index is 11.0. The molecule has 0 radical (unpaired) electrons. The van der Waals surface area contributed by atoms with Gasteiger partial charge in [0.15, 0.2) is 4.77 Å². The fourth-order valence-corrected chi connectivity index (χ4v) is 2.03. The minimum absolute atomic E-state index is 0.0317. The summed E-state index contributed by atoms with van der Waals surface area (Å²) in [6.07, 6.45) is 3.89. The van der Waals surface area contributed by atoms with E-state index in [4.69, 9.17) is 12.2 Å². The van der Waals surface area contributed by atoms with Crippen LogP contribution in [0.2, 0.25) is 0 Å². The smallest absolute Gasteiger partial charge is 0.251 e. The number of nitrogens with one attached hydrogen (secondary N) is 1. The van der Waals surface area contributed by atoms with Crippen LogP contribution in [0, 0.1) is 4.77 Å². The lowest BCUT2D eigenvalue weighted by Gasteiger charge is -2.27. The van der Waals surface area contributed by atoms with E-state index in [1.54, 1.807) is 6.20 Å². The van der Waals surface area contributed by atoms with Crippen LogP contribution in [0.3, 0.4) is 0 Å². The Labute approximate surface area is 88.8 Å². The Morgan fingerprint density at radius 2 is 2.21 bits per heavy atom. The normalized spacial score (nSPS) is 11.6. The molecule has 1 N–H and O–H groups in total.